The Hall–Kier alpha value is -2.56. The molecule has 5 atom stereocenters. The largest absolute Gasteiger partial charge is 0.490 e. The number of nitrogens with one attached hydrogen (secondary N) is 1. The average Bonchev–Trinajstić information content (AvgIpc) is 3.14. The predicted octanol–water partition coefficient (Wildman–Crippen LogP) is 6.04. The van der Waals surface area contributed by atoms with Crippen LogP contribution in [0.1, 0.15) is 74.6 Å². The van der Waals surface area contributed by atoms with Gasteiger partial charge in [-0.1, -0.05) is 6.07 Å². The number of hydrogen-bond acceptors (Lipinski definition) is 4. The summed E-state index contributed by atoms with van der Waals surface area (Å²) in [7, 11) is 0. The maximum Gasteiger partial charge on any atom is 0.251 e. The molecule has 4 saturated carbocycles. The molecule has 6 rings (SSSR count). The molecule has 186 valence electrons. The van der Waals surface area contributed by atoms with Crippen molar-refractivity contribution in [3.63, 3.8) is 0 Å². The van der Waals surface area contributed by atoms with E-state index in [0.717, 1.165) is 67.8 Å². The summed E-state index contributed by atoms with van der Waals surface area (Å²) in [5.41, 5.74) is 0.747. The van der Waals surface area contributed by atoms with Crippen LogP contribution in [0.2, 0.25) is 0 Å². The molecule has 0 aliphatic heterocycles. The van der Waals surface area contributed by atoms with Crippen molar-refractivity contribution >= 4 is 5.91 Å². The van der Waals surface area contributed by atoms with Gasteiger partial charge in [0.15, 0.2) is 0 Å². The number of fused-ring (bicyclic) bond motifs is 2. The highest BCUT2D eigenvalue weighted by atomic mass is 16.5. The fourth-order valence-electron chi connectivity index (χ4n) is 7.45. The van der Waals surface area contributed by atoms with Crippen LogP contribution in [0.25, 0.3) is 0 Å². The van der Waals surface area contributed by atoms with Gasteiger partial charge in [0, 0.05) is 23.9 Å². The maximum atomic E-state index is 13.0. The van der Waals surface area contributed by atoms with Crippen molar-refractivity contribution in [2.75, 3.05) is 6.61 Å². The van der Waals surface area contributed by atoms with E-state index in [1.54, 1.807) is 6.20 Å². The summed E-state index contributed by atoms with van der Waals surface area (Å²) in [6.45, 7) is 0.720. The lowest BCUT2D eigenvalue weighted by atomic mass is 9.80. The number of amides is 1. The van der Waals surface area contributed by atoms with E-state index < -0.39 is 0 Å². The number of rotatable bonds is 7. The van der Waals surface area contributed by atoms with Crippen LogP contribution in [0.15, 0.2) is 48.7 Å². The molecule has 1 aromatic carbocycles. The first-order valence-electron chi connectivity index (χ1n) is 13.8. The summed E-state index contributed by atoms with van der Waals surface area (Å²) in [6, 6.07) is 13.9. The topological polar surface area (TPSA) is 60.5 Å². The Kier molecular flexibility index (Phi) is 6.67. The second-order valence-electron chi connectivity index (χ2n) is 11.5. The highest BCUT2D eigenvalue weighted by molar-refractivity contribution is 5.94. The van der Waals surface area contributed by atoms with E-state index in [0.29, 0.717) is 23.8 Å². The zero-order valence-corrected chi connectivity index (χ0v) is 20.6. The molecular weight excluding hydrogens is 436 g/mol. The summed E-state index contributed by atoms with van der Waals surface area (Å²) in [4.78, 5) is 17.3. The first-order chi connectivity index (χ1) is 17.2. The van der Waals surface area contributed by atoms with Crippen LogP contribution >= 0.6 is 0 Å². The lowest BCUT2D eigenvalue weighted by Crippen LogP contribution is -2.41. The Bertz CT molecular complexity index is 986. The molecule has 2 aromatic rings. The van der Waals surface area contributed by atoms with Gasteiger partial charge in [0.1, 0.15) is 5.75 Å². The first-order valence-corrected chi connectivity index (χ1v) is 13.8. The van der Waals surface area contributed by atoms with Crippen LogP contribution in [-0.4, -0.2) is 29.6 Å². The molecule has 0 radical (unpaired) electrons. The van der Waals surface area contributed by atoms with E-state index in [1.807, 2.05) is 42.5 Å². The quantitative estimate of drug-likeness (QED) is 0.531. The van der Waals surface area contributed by atoms with Crippen molar-refractivity contribution in [2.45, 2.75) is 76.4 Å². The number of carbonyl (C=O) groups excluding carboxylic acids is 1. The third kappa shape index (κ3) is 5.34. The monoisotopic (exact) mass is 474 g/mol. The number of nitrogens with zero attached hydrogens (tertiary/aromatic N) is 1. The van der Waals surface area contributed by atoms with Crippen molar-refractivity contribution in [1.29, 1.82) is 0 Å². The molecule has 5 nitrogen and oxygen atoms in total. The minimum atomic E-state index is 0.0798. The summed E-state index contributed by atoms with van der Waals surface area (Å²) >= 11 is 0. The van der Waals surface area contributed by atoms with Crippen LogP contribution in [-0.2, 0) is 0 Å². The molecule has 35 heavy (non-hydrogen) atoms. The van der Waals surface area contributed by atoms with E-state index >= 15 is 0 Å². The van der Waals surface area contributed by atoms with Crippen molar-refractivity contribution in [1.82, 2.24) is 10.3 Å². The summed E-state index contributed by atoms with van der Waals surface area (Å²) in [5.74, 6) is 5.57. The van der Waals surface area contributed by atoms with Crippen LogP contribution < -0.4 is 14.8 Å². The minimum absolute atomic E-state index is 0.0798. The highest BCUT2D eigenvalue weighted by Crippen LogP contribution is 2.53. The highest BCUT2D eigenvalue weighted by Gasteiger charge is 2.46. The van der Waals surface area contributed by atoms with Crippen molar-refractivity contribution in [3.05, 3.63) is 54.2 Å². The van der Waals surface area contributed by atoms with Gasteiger partial charge in [-0.2, -0.15) is 0 Å². The van der Waals surface area contributed by atoms with Gasteiger partial charge in [0.05, 0.1) is 12.7 Å². The van der Waals surface area contributed by atoms with E-state index in [1.165, 1.54) is 32.1 Å². The van der Waals surface area contributed by atoms with Gasteiger partial charge in [-0.3, -0.25) is 4.79 Å². The molecule has 1 amide bonds. The van der Waals surface area contributed by atoms with Gasteiger partial charge < -0.3 is 14.8 Å². The number of benzene rings is 1. The van der Waals surface area contributed by atoms with E-state index in [2.05, 4.69) is 10.3 Å². The Morgan fingerprint density at radius 2 is 1.71 bits per heavy atom. The Morgan fingerprint density at radius 1 is 0.886 bits per heavy atom. The smallest absolute Gasteiger partial charge is 0.251 e. The van der Waals surface area contributed by atoms with Crippen LogP contribution in [0.4, 0.5) is 0 Å². The van der Waals surface area contributed by atoms with Gasteiger partial charge in [0.2, 0.25) is 5.88 Å². The predicted molar refractivity (Wildman–Crippen MR) is 135 cm³/mol. The standard InChI is InChI=1S/C30H38N2O3/c33-30(32-28-13-6-21-15-22-17-24(16-21)27(28)18-22)23-7-11-26(12-8-23)35-25-9-4-20(5-10-25)19-34-29-3-1-2-14-31-29/h1-3,7-8,11-12,14,20-22,24-25,27-28H,4-6,9-10,13,15-19H2,(H,32,33)/t20?,21-,22?,24-,25?,27?,28?/m1/s1. The molecule has 0 spiro atoms. The number of ether oxygens (including phenoxy) is 2. The van der Waals surface area contributed by atoms with Gasteiger partial charge in [-0.25, -0.2) is 4.98 Å². The molecule has 3 bridgehead atoms. The maximum absolute atomic E-state index is 13.0. The zero-order valence-electron chi connectivity index (χ0n) is 20.6. The normalized spacial score (nSPS) is 33.7. The van der Waals surface area contributed by atoms with E-state index in [9.17, 15) is 4.79 Å². The second kappa shape index (κ2) is 10.2. The molecule has 1 N–H and O–H groups in total. The van der Waals surface area contributed by atoms with Crippen LogP contribution in [0.5, 0.6) is 11.6 Å². The third-order valence-electron chi connectivity index (χ3n) is 9.19. The fourth-order valence-corrected chi connectivity index (χ4v) is 7.45. The number of pyridine rings is 1. The minimum Gasteiger partial charge on any atom is -0.490 e. The summed E-state index contributed by atoms with van der Waals surface area (Å²) in [6.07, 6.45) is 14.3. The SMILES string of the molecule is O=C(NC1CC[C@@H]2CC3CC1[C@@H](C3)C2)c1ccc(OC2CCC(COc3ccccn3)CC2)cc1. The Labute approximate surface area is 209 Å². The molecule has 3 unspecified atom stereocenters. The lowest BCUT2D eigenvalue weighted by molar-refractivity contribution is 0.0912. The Morgan fingerprint density at radius 3 is 2.51 bits per heavy atom. The van der Waals surface area contributed by atoms with Gasteiger partial charge >= 0.3 is 0 Å². The van der Waals surface area contributed by atoms with Crippen molar-refractivity contribution in [3.8, 4) is 11.6 Å². The fraction of sp³-hybridized carbons (Fsp3) is 0.600. The zero-order chi connectivity index (χ0) is 23.6. The Balaban J connectivity index is 0.967. The molecule has 4 fully saturated rings. The number of aromatic nitrogens is 1. The summed E-state index contributed by atoms with van der Waals surface area (Å²) in [5, 5.41) is 3.42. The van der Waals surface area contributed by atoms with Crippen molar-refractivity contribution < 1.29 is 14.3 Å². The number of hydrogen-bond donors (Lipinski definition) is 1. The van der Waals surface area contributed by atoms with E-state index in [4.69, 9.17) is 9.47 Å². The summed E-state index contributed by atoms with van der Waals surface area (Å²) < 4.78 is 12.1. The molecular formula is C30H38N2O3. The molecule has 1 heterocycles. The average molecular weight is 475 g/mol. The van der Waals surface area contributed by atoms with E-state index in [-0.39, 0.29) is 12.0 Å². The second-order valence-corrected chi connectivity index (χ2v) is 11.5. The van der Waals surface area contributed by atoms with Crippen LogP contribution in [0, 0.1) is 29.6 Å². The van der Waals surface area contributed by atoms with Crippen LogP contribution in [0.3, 0.4) is 0 Å². The molecule has 1 aromatic heterocycles. The molecule has 4 aliphatic rings. The number of carbonyl (C=O) groups is 1. The molecule has 0 saturated heterocycles. The van der Waals surface area contributed by atoms with Gasteiger partial charge in [0.25, 0.3) is 5.91 Å². The molecule has 4 aliphatic carbocycles. The third-order valence-corrected chi connectivity index (χ3v) is 9.19. The molecule has 5 heteroatoms. The van der Waals surface area contributed by atoms with Gasteiger partial charge in [-0.05, 0) is 124 Å². The van der Waals surface area contributed by atoms with Gasteiger partial charge in [-0.15, -0.1) is 0 Å². The lowest BCUT2D eigenvalue weighted by Gasteiger charge is -2.29. The van der Waals surface area contributed by atoms with Crippen molar-refractivity contribution in [2.24, 2.45) is 29.6 Å². The first kappa shape index (κ1) is 22.9.